The third kappa shape index (κ3) is 2.51. The molecule has 0 aromatic heterocycles. The molecule has 0 aromatic rings. The van der Waals surface area contributed by atoms with Gasteiger partial charge < -0.3 is 10.2 Å². The second-order valence-electron chi connectivity index (χ2n) is 5.44. The molecule has 1 unspecified atom stereocenters. The van der Waals surface area contributed by atoms with Gasteiger partial charge in [0, 0.05) is 13.0 Å². The number of amides is 1. The topological polar surface area (TPSA) is 32.3 Å². The van der Waals surface area contributed by atoms with Crippen LogP contribution < -0.4 is 5.32 Å². The van der Waals surface area contributed by atoms with Crippen LogP contribution in [0.3, 0.4) is 0 Å². The zero-order valence-electron chi connectivity index (χ0n) is 9.88. The highest BCUT2D eigenvalue weighted by atomic mass is 16.1. The van der Waals surface area contributed by atoms with Crippen LogP contribution in [0.15, 0.2) is 0 Å². The molecule has 0 bridgehead atoms. The van der Waals surface area contributed by atoms with Crippen LogP contribution in [-0.4, -0.2) is 37.0 Å². The van der Waals surface area contributed by atoms with Crippen molar-refractivity contribution in [3.63, 3.8) is 0 Å². The predicted molar refractivity (Wildman–Crippen MR) is 60.6 cm³/mol. The summed E-state index contributed by atoms with van der Waals surface area (Å²) in [4.78, 5) is 13.4. The van der Waals surface area contributed by atoms with E-state index in [1.165, 1.54) is 45.2 Å². The third-order valence-electron chi connectivity index (χ3n) is 4.16. The van der Waals surface area contributed by atoms with Crippen LogP contribution in [0.2, 0.25) is 0 Å². The molecule has 15 heavy (non-hydrogen) atoms. The van der Waals surface area contributed by atoms with Crippen molar-refractivity contribution in [3.8, 4) is 0 Å². The van der Waals surface area contributed by atoms with Crippen LogP contribution in [0.4, 0.5) is 0 Å². The Bertz CT molecular complexity index is 244. The Morgan fingerprint density at radius 2 is 2.00 bits per heavy atom. The normalized spacial score (nSPS) is 30.7. The Morgan fingerprint density at radius 1 is 1.33 bits per heavy atom. The van der Waals surface area contributed by atoms with E-state index in [-0.39, 0.29) is 5.91 Å². The van der Waals surface area contributed by atoms with Gasteiger partial charge in [0.25, 0.3) is 0 Å². The van der Waals surface area contributed by atoms with E-state index in [1.54, 1.807) is 6.92 Å². The summed E-state index contributed by atoms with van der Waals surface area (Å²) in [6.45, 7) is 4.08. The molecule has 1 heterocycles. The molecule has 1 aliphatic carbocycles. The van der Waals surface area contributed by atoms with E-state index in [0.29, 0.717) is 11.5 Å². The predicted octanol–water partition coefficient (Wildman–Crippen LogP) is 1.39. The van der Waals surface area contributed by atoms with Gasteiger partial charge in [0.15, 0.2) is 0 Å². The van der Waals surface area contributed by atoms with Gasteiger partial charge in [0.1, 0.15) is 0 Å². The minimum Gasteiger partial charge on any atom is -0.354 e. The molecule has 1 N–H and O–H groups in total. The molecule has 1 saturated heterocycles. The Balaban J connectivity index is 1.88. The van der Waals surface area contributed by atoms with Crippen LogP contribution in [0, 0.1) is 5.41 Å². The molecule has 2 rings (SSSR count). The van der Waals surface area contributed by atoms with Gasteiger partial charge in [-0.15, -0.1) is 0 Å². The summed E-state index contributed by atoms with van der Waals surface area (Å²) in [5.41, 5.74) is 0.555. The summed E-state index contributed by atoms with van der Waals surface area (Å²) in [7, 11) is 2.20. The summed E-state index contributed by atoms with van der Waals surface area (Å²) in [6.07, 6.45) is 6.34. The number of carbonyl (C=O) groups is 1. The van der Waals surface area contributed by atoms with E-state index in [2.05, 4.69) is 17.3 Å². The highest BCUT2D eigenvalue weighted by Crippen LogP contribution is 2.45. The van der Waals surface area contributed by atoms with Gasteiger partial charge in [-0.3, -0.25) is 4.79 Å². The highest BCUT2D eigenvalue weighted by molar-refractivity contribution is 5.73. The fraction of sp³-hybridized carbons (Fsp3) is 0.917. The van der Waals surface area contributed by atoms with E-state index in [1.807, 2.05) is 0 Å². The number of nitrogens with one attached hydrogen (secondary N) is 1. The fourth-order valence-electron chi connectivity index (χ4n) is 3.16. The van der Waals surface area contributed by atoms with E-state index >= 15 is 0 Å². The van der Waals surface area contributed by atoms with Crippen molar-refractivity contribution >= 4 is 5.91 Å². The van der Waals surface area contributed by atoms with Crippen LogP contribution in [-0.2, 0) is 4.79 Å². The van der Waals surface area contributed by atoms with Crippen molar-refractivity contribution in [2.75, 3.05) is 20.1 Å². The molecular weight excluding hydrogens is 188 g/mol. The molecule has 1 amide bonds. The number of piperidine rings is 1. The minimum atomic E-state index is 0.130. The average Bonchev–Trinajstić information content (AvgIpc) is 2.54. The Kier molecular flexibility index (Phi) is 3.01. The fourth-order valence-corrected chi connectivity index (χ4v) is 3.16. The van der Waals surface area contributed by atoms with Gasteiger partial charge >= 0.3 is 0 Å². The van der Waals surface area contributed by atoms with Gasteiger partial charge in [-0.05, 0) is 57.7 Å². The summed E-state index contributed by atoms with van der Waals surface area (Å²) in [5, 5.41) is 3.07. The zero-order valence-corrected chi connectivity index (χ0v) is 9.88. The smallest absolute Gasteiger partial charge is 0.217 e. The van der Waals surface area contributed by atoms with E-state index < -0.39 is 0 Å². The SMILES string of the molecule is CC(=O)NC1CCC2(CCN(C)CC2)C1. The molecule has 1 atom stereocenters. The second kappa shape index (κ2) is 4.12. The second-order valence-corrected chi connectivity index (χ2v) is 5.44. The number of rotatable bonds is 1. The van der Waals surface area contributed by atoms with Crippen LogP contribution >= 0.6 is 0 Å². The van der Waals surface area contributed by atoms with E-state index in [0.717, 1.165) is 0 Å². The average molecular weight is 210 g/mol. The number of nitrogens with zero attached hydrogens (tertiary/aromatic N) is 1. The largest absolute Gasteiger partial charge is 0.354 e. The maximum Gasteiger partial charge on any atom is 0.217 e. The van der Waals surface area contributed by atoms with Gasteiger partial charge in [-0.2, -0.15) is 0 Å². The van der Waals surface area contributed by atoms with Gasteiger partial charge in [0.05, 0.1) is 0 Å². The molecule has 0 aromatic carbocycles. The third-order valence-corrected chi connectivity index (χ3v) is 4.16. The van der Waals surface area contributed by atoms with Crippen molar-refractivity contribution in [2.24, 2.45) is 5.41 Å². The number of likely N-dealkylation sites (tertiary alicyclic amines) is 1. The number of hydrogen-bond donors (Lipinski definition) is 1. The lowest BCUT2D eigenvalue weighted by molar-refractivity contribution is -0.119. The lowest BCUT2D eigenvalue weighted by Gasteiger charge is -2.38. The Labute approximate surface area is 92.2 Å². The first kappa shape index (κ1) is 10.9. The molecule has 3 heteroatoms. The van der Waals surface area contributed by atoms with Gasteiger partial charge in [0.2, 0.25) is 5.91 Å². The van der Waals surface area contributed by atoms with Crippen molar-refractivity contribution in [2.45, 2.75) is 45.1 Å². The first-order valence-electron chi connectivity index (χ1n) is 6.05. The number of hydrogen-bond acceptors (Lipinski definition) is 2. The zero-order chi connectivity index (χ0) is 10.9. The maximum atomic E-state index is 11.0. The Hall–Kier alpha value is -0.570. The molecule has 2 aliphatic rings. The van der Waals surface area contributed by atoms with Crippen molar-refractivity contribution in [1.29, 1.82) is 0 Å². The van der Waals surface area contributed by atoms with E-state index in [4.69, 9.17) is 0 Å². The van der Waals surface area contributed by atoms with Gasteiger partial charge in [-0.25, -0.2) is 0 Å². The monoisotopic (exact) mass is 210 g/mol. The summed E-state index contributed by atoms with van der Waals surface area (Å²) >= 11 is 0. The molecule has 1 aliphatic heterocycles. The highest BCUT2D eigenvalue weighted by Gasteiger charge is 2.40. The van der Waals surface area contributed by atoms with E-state index in [9.17, 15) is 4.79 Å². The van der Waals surface area contributed by atoms with Crippen LogP contribution in [0.5, 0.6) is 0 Å². The molecule has 1 spiro atoms. The quantitative estimate of drug-likeness (QED) is 0.709. The standard InChI is InChI=1S/C12H22N2O/c1-10(15)13-11-3-4-12(9-11)5-7-14(2)8-6-12/h11H,3-9H2,1-2H3,(H,13,15). The van der Waals surface area contributed by atoms with Crippen molar-refractivity contribution in [1.82, 2.24) is 10.2 Å². The molecule has 0 radical (unpaired) electrons. The molecule has 1 saturated carbocycles. The molecule has 2 fully saturated rings. The lowest BCUT2D eigenvalue weighted by Crippen LogP contribution is -2.38. The Morgan fingerprint density at radius 3 is 2.60 bits per heavy atom. The maximum absolute atomic E-state index is 11.0. The van der Waals surface area contributed by atoms with Gasteiger partial charge in [-0.1, -0.05) is 0 Å². The first-order valence-corrected chi connectivity index (χ1v) is 6.05. The summed E-state index contributed by atoms with van der Waals surface area (Å²) in [6, 6.07) is 0.450. The summed E-state index contributed by atoms with van der Waals surface area (Å²) < 4.78 is 0. The minimum absolute atomic E-state index is 0.130. The molecule has 3 nitrogen and oxygen atoms in total. The van der Waals surface area contributed by atoms with Crippen LogP contribution in [0.1, 0.15) is 39.0 Å². The lowest BCUT2D eigenvalue weighted by atomic mass is 9.77. The van der Waals surface area contributed by atoms with Crippen molar-refractivity contribution in [3.05, 3.63) is 0 Å². The number of carbonyl (C=O) groups excluding carboxylic acids is 1. The first-order chi connectivity index (χ1) is 7.10. The van der Waals surface area contributed by atoms with Crippen LogP contribution in [0.25, 0.3) is 0 Å². The van der Waals surface area contributed by atoms with Crippen molar-refractivity contribution < 1.29 is 4.79 Å². The molecule has 86 valence electrons. The summed E-state index contributed by atoms with van der Waals surface area (Å²) in [5.74, 6) is 0.130. The molecular formula is C12H22N2O.